The summed E-state index contributed by atoms with van der Waals surface area (Å²) in [5.74, 6) is -2.02. The third kappa shape index (κ3) is 2.62. The van der Waals surface area contributed by atoms with Crippen molar-refractivity contribution < 1.29 is 18.3 Å². The molecule has 0 radical (unpaired) electrons. The molecule has 0 N–H and O–H groups in total. The van der Waals surface area contributed by atoms with Crippen LogP contribution in [0.5, 0.6) is 0 Å². The van der Waals surface area contributed by atoms with Gasteiger partial charge in [-0.05, 0) is 32.3 Å². The molecule has 0 aromatic heterocycles. The quantitative estimate of drug-likeness (QED) is 0.794. The van der Waals surface area contributed by atoms with Gasteiger partial charge in [0.05, 0.1) is 17.9 Å². The molecule has 0 atom stereocenters. The molecule has 1 aromatic carbocycles. The first-order valence-electron chi connectivity index (χ1n) is 7.03. The van der Waals surface area contributed by atoms with Crippen LogP contribution in [0.15, 0.2) is 6.07 Å². The lowest BCUT2D eigenvalue weighted by Gasteiger charge is -2.23. The summed E-state index contributed by atoms with van der Waals surface area (Å²) < 4.78 is 33.5. The number of halogens is 2. The van der Waals surface area contributed by atoms with Gasteiger partial charge in [-0.2, -0.15) is 0 Å². The van der Waals surface area contributed by atoms with Gasteiger partial charge in [0.2, 0.25) is 0 Å². The average Bonchev–Trinajstić information content (AvgIpc) is 2.94. The maximum atomic E-state index is 14.4. The summed E-state index contributed by atoms with van der Waals surface area (Å²) in [7, 11) is 0. The average molecular weight is 283 g/mol. The second kappa shape index (κ2) is 6.20. The number of carbonyl (C=O) groups is 1. The van der Waals surface area contributed by atoms with Gasteiger partial charge in [-0.1, -0.05) is 6.92 Å². The SMILES string of the molecule is CCOC(=O)c1cc(F)c(N2CCCC2)c(CC)c1F. The van der Waals surface area contributed by atoms with Crippen molar-refractivity contribution in [3.8, 4) is 0 Å². The number of rotatable bonds is 4. The van der Waals surface area contributed by atoms with Gasteiger partial charge < -0.3 is 9.64 Å². The molecule has 1 aliphatic rings. The van der Waals surface area contributed by atoms with Gasteiger partial charge in [0, 0.05) is 18.7 Å². The lowest BCUT2D eigenvalue weighted by molar-refractivity contribution is 0.0520. The first-order chi connectivity index (χ1) is 9.60. The third-order valence-electron chi connectivity index (χ3n) is 3.56. The van der Waals surface area contributed by atoms with Crippen LogP contribution in [-0.4, -0.2) is 25.7 Å². The van der Waals surface area contributed by atoms with Gasteiger partial charge in [-0.25, -0.2) is 13.6 Å². The zero-order valence-corrected chi connectivity index (χ0v) is 11.8. The fourth-order valence-corrected chi connectivity index (χ4v) is 2.63. The third-order valence-corrected chi connectivity index (χ3v) is 3.56. The molecule has 1 aromatic rings. The monoisotopic (exact) mass is 283 g/mol. The van der Waals surface area contributed by atoms with Crippen LogP contribution in [0.3, 0.4) is 0 Å². The van der Waals surface area contributed by atoms with E-state index in [1.807, 2.05) is 4.90 Å². The highest BCUT2D eigenvalue weighted by Gasteiger charge is 2.26. The van der Waals surface area contributed by atoms with Crippen LogP contribution in [0.2, 0.25) is 0 Å². The van der Waals surface area contributed by atoms with Crippen molar-refractivity contribution >= 4 is 11.7 Å². The van der Waals surface area contributed by atoms with E-state index in [9.17, 15) is 13.6 Å². The van der Waals surface area contributed by atoms with Crippen LogP contribution >= 0.6 is 0 Å². The van der Waals surface area contributed by atoms with Crippen LogP contribution in [-0.2, 0) is 11.2 Å². The van der Waals surface area contributed by atoms with E-state index in [1.165, 1.54) is 0 Å². The fourth-order valence-electron chi connectivity index (χ4n) is 2.63. The predicted octanol–water partition coefficient (Wildman–Crippen LogP) is 3.30. The van der Waals surface area contributed by atoms with E-state index in [0.29, 0.717) is 12.1 Å². The Morgan fingerprint density at radius 1 is 1.30 bits per heavy atom. The van der Waals surface area contributed by atoms with E-state index in [4.69, 9.17) is 4.74 Å². The standard InChI is InChI=1S/C15H19F2NO2/c1-3-10-13(17)11(15(19)20-4-2)9-12(16)14(10)18-7-5-6-8-18/h9H,3-8H2,1-2H3. The van der Waals surface area contributed by atoms with E-state index in [-0.39, 0.29) is 17.7 Å². The van der Waals surface area contributed by atoms with Crippen molar-refractivity contribution in [3.05, 3.63) is 28.8 Å². The van der Waals surface area contributed by atoms with Crippen molar-refractivity contribution in [2.45, 2.75) is 33.1 Å². The summed E-state index contributed by atoms with van der Waals surface area (Å²) in [6.07, 6.45) is 2.29. The molecular formula is C15H19F2NO2. The van der Waals surface area contributed by atoms with Crippen LogP contribution in [0.1, 0.15) is 42.6 Å². The van der Waals surface area contributed by atoms with Crippen molar-refractivity contribution in [2.24, 2.45) is 0 Å². The first-order valence-corrected chi connectivity index (χ1v) is 7.03. The Labute approximate surface area is 117 Å². The number of nitrogens with zero attached hydrogens (tertiary/aromatic N) is 1. The van der Waals surface area contributed by atoms with Crippen molar-refractivity contribution in [1.29, 1.82) is 0 Å². The molecule has 0 unspecified atom stereocenters. The number of ether oxygens (including phenoxy) is 1. The highest BCUT2D eigenvalue weighted by Crippen LogP contribution is 2.32. The minimum atomic E-state index is -0.813. The van der Waals surface area contributed by atoms with E-state index in [0.717, 1.165) is 32.0 Å². The van der Waals surface area contributed by atoms with E-state index in [1.54, 1.807) is 13.8 Å². The minimum Gasteiger partial charge on any atom is -0.462 e. The minimum absolute atomic E-state index is 0.134. The van der Waals surface area contributed by atoms with E-state index in [2.05, 4.69) is 0 Å². The van der Waals surface area contributed by atoms with Gasteiger partial charge in [0.1, 0.15) is 11.6 Å². The molecule has 0 amide bonds. The molecular weight excluding hydrogens is 264 g/mol. The van der Waals surface area contributed by atoms with Gasteiger partial charge in [0.25, 0.3) is 0 Å². The Balaban J connectivity index is 2.49. The van der Waals surface area contributed by atoms with Crippen molar-refractivity contribution in [2.75, 3.05) is 24.6 Å². The Bertz CT molecular complexity index is 511. The zero-order chi connectivity index (χ0) is 14.7. The molecule has 1 fully saturated rings. The van der Waals surface area contributed by atoms with Crippen LogP contribution in [0, 0.1) is 11.6 Å². The van der Waals surface area contributed by atoms with Crippen LogP contribution in [0.4, 0.5) is 14.5 Å². The summed E-state index contributed by atoms with van der Waals surface area (Å²) in [6.45, 7) is 4.97. The largest absolute Gasteiger partial charge is 0.462 e. The second-order valence-electron chi connectivity index (χ2n) is 4.82. The molecule has 110 valence electrons. The van der Waals surface area contributed by atoms with Gasteiger partial charge in [-0.3, -0.25) is 0 Å². The molecule has 0 saturated carbocycles. The molecule has 2 rings (SSSR count). The molecule has 3 nitrogen and oxygen atoms in total. The Morgan fingerprint density at radius 3 is 2.50 bits per heavy atom. The lowest BCUT2D eigenvalue weighted by atomic mass is 10.0. The smallest absolute Gasteiger partial charge is 0.341 e. The normalized spacial score (nSPS) is 14.7. The zero-order valence-electron chi connectivity index (χ0n) is 11.8. The Morgan fingerprint density at radius 2 is 1.95 bits per heavy atom. The summed E-state index contributed by atoms with van der Waals surface area (Å²) >= 11 is 0. The Kier molecular flexibility index (Phi) is 4.57. The van der Waals surface area contributed by atoms with E-state index < -0.39 is 17.6 Å². The fraction of sp³-hybridized carbons (Fsp3) is 0.533. The topological polar surface area (TPSA) is 29.5 Å². The number of hydrogen-bond donors (Lipinski definition) is 0. The van der Waals surface area contributed by atoms with Crippen LogP contribution < -0.4 is 4.90 Å². The maximum Gasteiger partial charge on any atom is 0.341 e. The highest BCUT2D eigenvalue weighted by atomic mass is 19.1. The van der Waals surface area contributed by atoms with Crippen molar-refractivity contribution in [1.82, 2.24) is 0 Å². The van der Waals surface area contributed by atoms with Gasteiger partial charge in [-0.15, -0.1) is 0 Å². The molecule has 1 aliphatic heterocycles. The van der Waals surface area contributed by atoms with E-state index >= 15 is 0 Å². The first kappa shape index (κ1) is 14.8. The lowest BCUT2D eigenvalue weighted by Crippen LogP contribution is -2.22. The number of benzene rings is 1. The number of esters is 1. The Hall–Kier alpha value is -1.65. The molecule has 1 saturated heterocycles. The number of carbonyl (C=O) groups excluding carboxylic acids is 1. The second-order valence-corrected chi connectivity index (χ2v) is 4.82. The summed E-state index contributed by atoms with van der Waals surface area (Å²) in [5, 5.41) is 0. The highest BCUT2D eigenvalue weighted by molar-refractivity contribution is 5.91. The van der Waals surface area contributed by atoms with Gasteiger partial charge in [0.15, 0.2) is 0 Å². The molecule has 0 aliphatic carbocycles. The molecule has 0 spiro atoms. The van der Waals surface area contributed by atoms with Crippen LogP contribution in [0.25, 0.3) is 0 Å². The summed E-state index contributed by atoms with van der Waals surface area (Å²) in [4.78, 5) is 13.5. The summed E-state index contributed by atoms with van der Waals surface area (Å²) in [6, 6.07) is 0.958. The predicted molar refractivity (Wildman–Crippen MR) is 73.1 cm³/mol. The van der Waals surface area contributed by atoms with Gasteiger partial charge >= 0.3 is 5.97 Å². The summed E-state index contributed by atoms with van der Waals surface area (Å²) in [5.41, 5.74) is 0.245. The molecule has 5 heteroatoms. The van der Waals surface area contributed by atoms with Crippen molar-refractivity contribution in [3.63, 3.8) is 0 Å². The number of hydrogen-bond acceptors (Lipinski definition) is 3. The molecule has 0 bridgehead atoms. The molecule has 1 heterocycles. The number of anilines is 1. The maximum absolute atomic E-state index is 14.4. The molecule has 20 heavy (non-hydrogen) atoms.